The maximum Gasteiger partial charge on any atom is 0.190 e. The molecule has 0 aromatic rings. The molecular weight excluding hydrogens is 194 g/mol. The van der Waals surface area contributed by atoms with Crippen LogP contribution in [0.3, 0.4) is 0 Å². The third kappa shape index (κ3) is 1.71. The predicted molar refractivity (Wildman–Crippen MR) is 36.8 cm³/mol. The molecule has 2 unspecified atom stereocenters. The molecule has 2 nitrogen and oxygen atoms in total. The van der Waals surface area contributed by atoms with Crippen LogP contribution < -0.4 is 17.0 Å². The van der Waals surface area contributed by atoms with Gasteiger partial charge in [0.15, 0.2) is 6.23 Å². The lowest BCUT2D eigenvalue weighted by atomic mass is 10.4. The van der Waals surface area contributed by atoms with E-state index in [1.54, 1.807) is 0 Å². The van der Waals surface area contributed by atoms with Crippen LogP contribution in [0.4, 0.5) is 0 Å². The number of rotatable bonds is 1. The van der Waals surface area contributed by atoms with Gasteiger partial charge >= 0.3 is 0 Å². The summed E-state index contributed by atoms with van der Waals surface area (Å²) in [5, 5.41) is 9.42. The number of quaternary nitrogens is 1. The first-order valence-corrected chi connectivity index (χ1v) is 3.71. The van der Waals surface area contributed by atoms with Gasteiger partial charge in [0.2, 0.25) is 0 Å². The van der Waals surface area contributed by atoms with Crippen molar-refractivity contribution >= 4 is 0 Å². The van der Waals surface area contributed by atoms with Crippen LogP contribution in [0.1, 0.15) is 19.8 Å². The second-order valence-electron chi connectivity index (χ2n) is 3.14. The molecule has 1 saturated heterocycles. The largest absolute Gasteiger partial charge is 1.00 e. The molecule has 62 valence electrons. The van der Waals surface area contributed by atoms with E-state index in [-0.39, 0.29) is 23.2 Å². The first kappa shape index (κ1) is 10.4. The third-order valence-corrected chi connectivity index (χ3v) is 2.57. The van der Waals surface area contributed by atoms with E-state index >= 15 is 0 Å². The predicted octanol–water partition coefficient (Wildman–Crippen LogP) is -2.43. The Bertz CT molecular complexity index is 110. The Balaban J connectivity index is 0.000000810. The van der Waals surface area contributed by atoms with Crippen molar-refractivity contribution < 1.29 is 26.6 Å². The molecule has 0 aliphatic carbocycles. The van der Waals surface area contributed by atoms with Crippen molar-refractivity contribution in [1.82, 2.24) is 0 Å². The molecule has 1 heterocycles. The Morgan fingerprint density at radius 3 is 2.40 bits per heavy atom. The maximum atomic E-state index is 9.42. The van der Waals surface area contributed by atoms with Gasteiger partial charge < -0.3 is 26.6 Å². The highest BCUT2D eigenvalue weighted by molar-refractivity contribution is 4.54. The number of nitrogens with zero attached hydrogens (tertiary/aromatic N) is 1. The van der Waals surface area contributed by atoms with Crippen LogP contribution in [0.2, 0.25) is 0 Å². The summed E-state index contributed by atoms with van der Waals surface area (Å²) in [7, 11) is 2.12. The molecular formula is C7H16BrNO. The van der Waals surface area contributed by atoms with Crippen molar-refractivity contribution in [3.63, 3.8) is 0 Å². The summed E-state index contributed by atoms with van der Waals surface area (Å²) in [4.78, 5) is 0. The maximum absolute atomic E-state index is 9.42. The fourth-order valence-corrected chi connectivity index (χ4v) is 1.46. The average molecular weight is 210 g/mol. The highest BCUT2D eigenvalue weighted by Crippen LogP contribution is 2.21. The van der Waals surface area contributed by atoms with Gasteiger partial charge in [-0.05, 0) is 6.92 Å². The molecule has 0 aromatic carbocycles. The SMILES string of the molecule is CC[N+]1(C)CCCC1O.[Br-]. The lowest BCUT2D eigenvalue weighted by molar-refractivity contribution is -0.939. The Hall–Kier alpha value is 0.400. The van der Waals surface area contributed by atoms with Crippen molar-refractivity contribution in [1.29, 1.82) is 0 Å². The number of halogens is 1. The van der Waals surface area contributed by atoms with E-state index in [9.17, 15) is 5.11 Å². The van der Waals surface area contributed by atoms with E-state index in [1.807, 2.05) is 0 Å². The van der Waals surface area contributed by atoms with E-state index in [4.69, 9.17) is 0 Å². The van der Waals surface area contributed by atoms with E-state index < -0.39 is 0 Å². The van der Waals surface area contributed by atoms with Gasteiger partial charge in [-0.15, -0.1) is 0 Å². The van der Waals surface area contributed by atoms with Crippen molar-refractivity contribution in [2.45, 2.75) is 26.0 Å². The average Bonchev–Trinajstić information content (AvgIpc) is 2.15. The highest BCUT2D eigenvalue weighted by atomic mass is 79.9. The Morgan fingerprint density at radius 2 is 2.20 bits per heavy atom. The second-order valence-corrected chi connectivity index (χ2v) is 3.14. The minimum Gasteiger partial charge on any atom is -1.00 e. The standard InChI is InChI=1S/C7H16NO.BrH/c1-3-8(2)6-4-5-7(8)9;/h7,9H,3-6H2,1-2H3;1H/q+1;/p-1. The lowest BCUT2D eigenvalue weighted by Gasteiger charge is -2.31. The first-order chi connectivity index (χ1) is 4.19. The van der Waals surface area contributed by atoms with Gasteiger partial charge in [-0.2, -0.15) is 0 Å². The molecule has 0 radical (unpaired) electrons. The van der Waals surface area contributed by atoms with Gasteiger partial charge in [0.05, 0.1) is 20.1 Å². The number of aliphatic hydroxyl groups excluding tert-OH is 1. The Kier molecular flexibility index (Phi) is 3.84. The zero-order valence-electron chi connectivity index (χ0n) is 6.68. The van der Waals surface area contributed by atoms with Crippen LogP contribution in [-0.2, 0) is 0 Å². The number of hydrogen-bond donors (Lipinski definition) is 1. The summed E-state index contributed by atoms with van der Waals surface area (Å²) in [6.07, 6.45) is 2.09. The third-order valence-electron chi connectivity index (χ3n) is 2.57. The van der Waals surface area contributed by atoms with Crippen LogP contribution >= 0.6 is 0 Å². The lowest BCUT2D eigenvalue weighted by Crippen LogP contribution is -3.00. The molecule has 0 saturated carbocycles. The summed E-state index contributed by atoms with van der Waals surface area (Å²) in [6.45, 7) is 4.34. The quantitative estimate of drug-likeness (QED) is 0.477. The van der Waals surface area contributed by atoms with E-state index in [0.29, 0.717) is 0 Å². The van der Waals surface area contributed by atoms with Crippen molar-refractivity contribution in [3.8, 4) is 0 Å². The van der Waals surface area contributed by atoms with Gasteiger partial charge in [0.25, 0.3) is 0 Å². The van der Waals surface area contributed by atoms with E-state index in [1.165, 1.54) is 6.42 Å². The summed E-state index contributed by atoms with van der Waals surface area (Å²) >= 11 is 0. The van der Waals surface area contributed by atoms with Gasteiger partial charge in [-0.25, -0.2) is 0 Å². The van der Waals surface area contributed by atoms with Gasteiger partial charge in [-0.3, -0.25) is 0 Å². The zero-order chi connectivity index (χ0) is 6.91. The highest BCUT2D eigenvalue weighted by Gasteiger charge is 2.34. The second kappa shape index (κ2) is 3.69. The van der Waals surface area contributed by atoms with Crippen molar-refractivity contribution in [2.24, 2.45) is 0 Å². The molecule has 1 fully saturated rings. The topological polar surface area (TPSA) is 20.2 Å². The number of hydrogen-bond acceptors (Lipinski definition) is 1. The summed E-state index contributed by atoms with van der Waals surface area (Å²) in [5.41, 5.74) is 0. The zero-order valence-corrected chi connectivity index (χ0v) is 8.26. The molecule has 1 aliphatic heterocycles. The summed E-state index contributed by atoms with van der Waals surface area (Å²) < 4.78 is 0.861. The number of aliphatic hydroxyl groups is 1. The molecule has 0 amide bonds. The first-order valence-electron chi connectivity index (χ1n) is 3.71. The minimum atomic E-state index is -0.0880. The van der Waals surface area contributed by atoms with E-state index in [2.05, 4.69) is 14.0 Å². The molecule has 0 aromatic heterocycles. The normalized spacial score (nSPS) is 39.3. The monoisotopic (exact) mass is 209 g/mol. The summed E-state index contributed by atoms with van der Waals surface area (Å²) in [5.74, 6) is 0. The van der Waals surface area contributed by atoms with Crippen LogP contribution in [0.15, 0.2) is 0 Å². The molecule has 1 aliphatic rings. The molecule has 3 heteroatoms. The van der Waals surface area contributed by atoms with Gasteiger partial charge in [-0.1, -0.05) is 0 Å². The van der Waals surface area contributed by atoms with E-state index in [0.717, 1.165) is 24.0 Å². The van der Waals surface area contributed by atoms with Crippen LogP contribution in [0, 0.1) is 0 Å². The minimum absolute atomic E-state index is 0. The molecule has 10 heavy (non-hydrogen) atoms. The fraction of sp³-hybridized carbons (Fsp3) is 1.00. The Labute approximate surface area is 73.2 Å². The molecule has 1 rings (SSSR count). The molecule has 0 spiro atoms. The fourth-order valence-electron chi connectivity index (χ4n) is 1.46. The van der Waals surface area contributed by atoms with Crippen molar-refractivity contribution in [3.05, 3.63) is 0 Å². The summed E-state index contributed by atoms with van der Waals surface area (Å²) in [6, 6.07) is 0. The van der Waals surface area contributed by atoms with Gasteiger partial charge in [0.1, 0.15) is 0 Å². The number of likely N-dealkylation sites (tertiary alicyclic amines) is 1. The molecule has 1 N–H and O–H groups in total. The van der Waals surface area contributed by atoms with Crippen LogP contribution in [-0.4, -0.2) is 36.0 Å². The molecule has 2 atom stereocenters. The smallest absolute Gasteiger partial charge is 0.190 e. The Morgan fingerprint density at radius 1 is 1.60 bits per heavy atom. The molecule has 0 bridgehead atoms. The van der Waals surface area contributed by atoms with Crippen molar-refractivity contribution in [2.75, 3.05) is 20.1 Å². The van der Waals surface area contributed by atoms with Crippen LogP contribution in [0.25, 0.3) is 0 Å². The van der Waals surface area contributed by atoms with Crippen LogP contribution in [0.5, 0.6) is 0 Å². The van der Waals surface area contributed by atoms with Gasteiger partial charge in [0, 0.05) is 12.8 Å².